The summed E-state index contributed by atoms with van der Waals surface area (Å²) in [5, 5.41) is 0. The maximum absolute atomic E-state index is 6.15. The van der Waals surface area contributed by atoms with Gasteiger partial charge in [0.05, 0.1) is 24.4 Å². The van der Waals surface area contributed by atoms with Crippen molar-refractivity contribution >= 4 is 0 Å². The fraction of sp³-hybridized carbons (Fsp3) is 1.00. The lowest BCUT2D eigenvalue weighted by molar-refractivity contribution is -0.0341. The van der Waals surface area contributed by atoms with Crippen LogP contribution < -0.4 is 0 Å². The van der Waals surface area contributed by atoms with E-state index in [1.54, 1.807) is 0 Å². The Kier molecular flexibility index (Phi) is 9.80. The Bertz CT molecular complexity index is 320. The average Bonchev–Trinajstić information content (AvgIpc) is 2.97. The minimum atomic E-state index is -0.0371. The third-order valence-corrected chi connectivity index (χ3v) is 4.74. The second kappa shape index (κ2) is 10.7. The van der Waals surface area contributed by atoms with E-state index >= 15 is 0 Å². The smallest absolute Gasteiger partial charge is 0.0627 e. The Morgan fingerprint density at radius 2 is 1.58 bits per heavy atom. The number of rotatable bonds is 12. The topological polar surface area (TPSA) is 24.9 Å². The third-order valence-electron chi connectivity index (χ3n) is 4.74. The highest BCUT2D eigenvalue weighted by Gasteiger charge is 2.20. The number of likely N-dealkylation sites (N-methyl/N-ethyl adjacent to an activating group) is 1. The van der Waals surface area contributed by atoms with Crippen LogP contribution in [0.3, 0.4) is 0 Å². The molecule has 0 unspecified atom stereocenters. The first-order valence-electron chi connectivity index (χ1n) is 9.94. The Morgan fingerprint density at radius 1 is 0.917 bits per heavy atom. The van der Waals surface area contributed by atoms with Crippen molar-refractivity contribution < 1.29 is 9.47 Å². The zero-order valence-electron chi connectivity index (χ0n) is 17.2. The Labute approximate surface area is 150 Å². The summed E-state index contributed by atoms with van der Waals surface area (Å²) >= 11 is 0. The lowest BCUT2D eigenvalue weighted by atomic mass is 10.0. The van der Waals surface area contributed by atoms with Gasteiger partial charge in [-0.2, -0.15) is 0 Å². The van der Waals surface area contributed by atoms with Crippen molar-refractivity contribution in [3.05, 3.63) is 0 Å². The van der Waals surface area contributed by atoms with Gasteiger partial charge in [0.2, 0.25) is 0 Å². The number of ether oxygens (including phenoxy) is 2. The highest BCUT2D eigenvalue weighted by atomic mass is 16.5. The van der Waals surface area contributed by atoms with Crippen LogP contribution in [-0.4, -0.2) is 73.5 Å². The van der Waals surface area contributed by atoms with Crippen molar-refractivity contribution in [2.75, 3.05) is 52.5 Å². The Balaban J connectivity index is 2.12. The first kappa shape index (κ1) is 21.9. The molecule has 4 nitrogen and oxygen atoms in total. The van der Waals surface area contributed by atoms with Crippen LogP contribution in [0, 0.1) is 0 Å². The molecule has 1 saturated heterocycles. The van der Waals surface area contributed by atoms with Gasteiger partial charge >= 0.3 is 0 Å². The SMILES string of the molecule is CCN(CCCC(C)(C)OCCN1CCCC1)CCOC(C)(C)C. The van der Waals surface area contributed by atoms with E-state index in [1.165, 1.54) is 32.4 Å². The van der Waals surface area contributed by atoms with Gasteiger partial charge in [0.1, 0.15) is 0 Å². The minimum absolute atomic E-state index is 0.0129. The average molecular weight is 343 g/mol. The summed E-state index contributed by atoms with van der Waals surface area (Å²) in [7, 11) is 0. The number of nitrogens with zero attached hydrogens (tertiary/aromatic N) is 2. The highest BCUT2D eigenvalue weighted by molar-refractivity contribution is 4.72. The lowest BCUT2D eigenvalue weighted by Gasteiger charge is -2.29. The molecule has 1 aliphatic rings. The summed E-state index contributed by atoms with van der Waals surface area (Å²) in [6, 6.07) is 0. The van der Waals surface area contributed by atoms with Crippen LogP contribution in [0.15, 0.2) is 0 Å². The summed E-state index contributed by atoms with van der Waals surface area (Å²) in [6.07, 6.45) is 5.01. The molecule has 1 rings (SSSR count). The molecule has 0 aromatic carbocycles. The van der Waals surface area contributed by atoms with Crippen LogP contribution in [0.4, 0.5) is 0 Å². The quantitative estimate of drug-likeness (QED) is 0.539. The highest BCUT2D eigenvalue weighted by Crippen LogP contribution is 2.18. The van der Waals surface area contributed by atoms with E-state index in [-0.39, 0.29) is 11.2 Å². The molecule has 144 valence electrons. The summed E-state index contributed by atoms with van der Waals surface area (Å²) in [4.78, 5) is 5.00. The molecule has 0 bridgehead atoms. The summed E-state index contributed by atoms with van der Waals surface area (Å²) in [5.41, 5.74) is -0.0500. The number of likely N-dealkylation sites (tertiary alicyclic amines) is 1. The van der Waals surface area contributed by atoms with Crippen LogP contribution in [0.25, 0.3) is 0 Å². The molecule has 0 atom stereocenters. The first-order valence-corrected chi connectivity index (χ1v) is 9.94. The van der Waals surface area contributed by atoms with Crippen LogP contribution in [0.2, 0.25) is 0 Å². The van der Waals surface area contributed by atoms with E-state index in [1.807, 2.05) is 0 Å². The van der Waals surface area contributed by atoms with Crippen molar-refractivity contribution in [1.82, 2.24) is 9.80 Å². The standard InChI is InChI=1S/C20H42N2O2/c1-7-21(15-17-23-19(2,3)4)14-10-11-20(5,6)24-18-16-22-12-8-9-13-22/h7-18H2,1-6H3. The summed E-state index contributed by atoms with van der Waals surface area (Å²) < 4.78 is 12.0. The van der Waals surface area contributed by atoms with Crippen molar-refractivity contribution in [3.8, 4) is 0 Å². The second-order valence-corrected chi connectivity index (χ2v) is 8.66. The van der Waals surface area contributed by atoms with E-state index in [4.69, 9.17) is 9.47 Å². The third kappa shape index (κ3) is 10.7. The van der Waals surface area contributed by atoms with Gasteiger partial charge in [0.25, 0.3) is 0 Å². The number of hydrogen-bond donors (Lipinski definition) is 0. The van der Waals surface area contributed by atoms with E-state index < -0.39 is 0 Å². The van der Waals surface area contributed by atoms with Gasteiger partial charge in [0.15, 0.2) is 0 Å². The lowest BCUT2D eigenvalue weighted by Crippen LogP contribution is -2.34. The van der Waals surface area contributed by atoms with Crippen molar-refractivity contribution in [2.45, 2.75) is 78.4 Å². The maximum Gasteiger partial charge on any atom is 0.0627 e. The predicted molar refractivity (Wildman–Crippen MR) is 103 cm³/mol. The largest absolute Gasteiger partial charge is 0.375 e. The molecule has 0 spiro atoms. The maximum atomic E-state index is 6.15. The van der Waals surface area contributed by atoms with E-state index in [2.05, 4.69) is 51.3 Å². The zero-order valence-corrected chi connectivity index (χ0v) is 17.2. The predicted octanol–water partition coefficient (Wildman–Crippen LogP) is 3.79. The van der Waals surface area contributed by atoms with E-state index in [9.17, 15) is 0 Å². The first-order chi connectivity index (χ1) is 11.2. The van der Waals surface area contributed by atoms with Gasteiger partial charge in [-0.25, -0.2) is 0 Å². The Morgan fingerprint density at radius 3 is 2.17 bits per heavy atom. The molecular formula is C20H42N2O2. The monoisotopic (exact) mass is 342 g/mol. The summed E-state index contributed by atoms with van der Waals surface area (Å²) in [5.74, 6) is 0. The molecule has 0 aromatic heterocycles. The fourth-order valence-corrected chi connectivity index (χ4v) is 3.17. The zero-order chi connectivity index (χ0) is 18.1. The van der Waals surface area contributed by atoms with Gasteiger partial charge in [-0.1, -0.05) is 6.92 Å². The molecule has 0 amide bonds. The molecule has 1 aliphatic heterocycles. The Hall–Kier alpha value is -0.160. The molecule has 0 saturated carbocycles. The van der Waals surface area contributed by atoms with Crippen LogP contribution in [0.5, 0.6) is 0 Å². The molecule has 0 radical (unpaired) electrons. The molecule has 24 heavy (non-hydrogen) atoms. The second-order valence-electron chi connectivity index (χ2n) is 8.66. The van der Waals surface area contributed by atoms with Crippen molar-refractivity contribution in [1.29, 1.82) is 0 Å². The van der Waals surface area contributed by atoms with Gasteiger partial charge in [-0.3, -0.25) is 0 Å². The molecule has 0 aromatic rings. The molecule has 1 heterocycles. The minimum Gasteiger partial charge on any atom is -0.375 e. The molecule has 0 aliphatic carbocycles. The van der Waals surface area contributed by atoms with Gasteiger partial charge in [0, 0.05) is 13.1 Å². The molecule has 1 fully saturated rings. The van der Waals surface area contributed by atoms with Crippen LogP contribution in [0.1, 0.15) is 67.2 Å². The van der Waals surface area contributed by atoms with E-state index in [0.29, 0.717) is 0 Å². The van der Waals surface area contributed by atoms with Crippen LogP contribution >= 0.6 is 0 Å². The van der Waals surface area contributed by atoms with Crippen molar-refractivity contribution in [3.63, 3.8) is 0 Å². The normalized spacial score (nSPS) is 17.1. The molecule has 0 N–H and O–H groups in total. The van der Waals surface area contributed by atoms with Gasteiger partial charge < -0.3 is 19.3 Å². The number of hydrogen-bond acceptors (Lipinski definition) is 4. The molecule has 4 heteroatoms. The summed E-state index contributed by atoms with van der Waals surface area (Å²) in [6.45, 7) is 21.6. The van der Waals surface area contributed by atoms with Gasteiger partial charge in [-0.05, 0) is 86.5 Å². The van der Waals surface area contributed by atoms with Crippen LogP contribution in [-0.2, 0) is 9.47 Å². The van der Waals surface area contributed by atoms with E-state index in [0.717, 1.165) is 45.8 Å². The van der Waals surface area contributed by atoms with Gasteiger partial charge in [-0.15, -0.1) is 0 Å². The fourth-order valence-electron chi connectivity index (χ4n) is 3.17. The van der Waals surface area contributed by atoms with Crippen molar-refractivity contribution in [2.24, 2.45) is 0 Å². The molecular weight excluding hydrogens is 300 g/mol.